The SMILES string of the molecule is OC(CBr)c1nnc(-c2ccccc2Nc2ccc(C(F)(F)F)cc2)o1. The Bertz CT molecular complexity index is 881. The number of nitrogens with one attached hydrogen (secondary N) is 1. The number of hydrogen-bond donors (Lipinski definition) is 2. The fourth-order valence-electron chi connectivity index (χ4n) is 2.22. The fraction of sp³-hybridized carbons (Fsp3) is 0.176. The van der Waals surface area contributed by atoms with Crippen LogP contribution in [0.2, 0.25) is 0 Å². The molecule has 0 radical (unpaired) electrons. The second-order valence-corrected chi connectivity index (χ2v) is 6.01. The van der Waals surface area contributed by atoms with E-state index in [4.69, 9.17) is 4.42 Å². The molecule has 1 unspecified atom stereocenters. The molecule has 0 bridgehead atoms. The van der Waals surface area contributed by atoms with Gasteiger partial charge < -0.3 is 14.8 Å². The van der Waals surface area contributed by atoms with Crippen LogP contribution in [0, 0.1) is 0 Å². The van der Waals surface area contributed by atoms with Crippen LogP contribution >= 0.6 is 15.9 Å². The number of nitrogens with zero attached hydrogens (tertiary/aromatic N) is 2. The van der Waals surface area contributed by atoms with E-state index in [2.05, 4.69) is 31.4 Å². The summed E-state index contributed by atoms with van der Waals surface area (Å²) in [5.74, 6) is 0.260. The van der Waals surface area contributed by atoms with Crippen LogP contribution in [0.5, 0.6) is 0 Å². The van der Waals surface area contributed by atoms with Gasteiger partial charge in [0.15, 0.2) is 0 Å². The smallest absolute Gasteiger partial charge is 0.416 e. The number of para-hydroxylation sites is 1. The van der Waals surface area contributed by atoms with E-state index in [1.54, 1.807) is 24.3 Å². The third kappa shape index (κ3) is 4.05. The largest absolute Gasteiger partial charge is 0.418 e. The average Bonchev–Trinajstić information content (AvgIpc) is 3.11. The highest BCUT2D eigenvalue weighted by atomic mass is 79.9. The summed E-state index contributed by atoms with van der Waals surface area (Å²) < 4.78 is 43.4. The summed E-state index contributed by atoms with van der Waals surface area (Å²) in [5, 5.41) is 20.7. The van der Waals surface area contributed by atoms with E-state index >= 15 is 0 Å². The summed E-state index contributed by atoms with van der Waals surface area (Å²) >= 11 is 3.13. The van der Waals surface area contributed by atoms with E-state index in [-0.39, 0.29) is 17.1 Å². The first kappa shape index (κ1) is 18.4. The molecule has 0 aliphatic heterocycles. The molecule has 1 heterocycles. The van der Waals surface area contributed by atoms with Crippen molar-refractivity contribution in [3.63, 3.8) is 0 Å². The predicted molar refractivity (Wildman–Crippen MR) is 93.2 cm³/mol. The lowest BCUT2D eigenvalue weighted by Crippen LogP contribution is -2.04. The van der Waals surface area contributed by atoms with Crippen LogP contribution < -0.4 is 5.32 Å². The number of alkyl halides is 4. The lowest BCUT2D eigenvalue weighted by atomic mass is 10.1. The Balaban J connectivity index is 1.87. The molecule has 136 valence electrons. The maximum Gasteiger partial charge on any atom is 0.416 e. The van der Waals surface area contributed by atoms with Crippen molar-refractivity contribution in [1.29, 1.82) is 0 Å². The molecular formula is C17H13BrF3N3O2. The number of aromatic nitrogens is 2. The first-order valence-corrected chi connectivity index (χ1v) is 8.61. The van der Waals surface area contributed by atoms with Gasteiger partial charge in [-0.3, -0.25) is 0 Å². The van der Waals surface area contributed by atoms with E-state index < -0.39 is 17.8 Å². The van der Waals surface area contributed by atoms with Gasteiger partial charge in [-0.15, -0.1) is 10.2 Å². The quantitative estimate of drug-likeness (QED) is 0.565. The molecule has 2 N–H and O–H groups in total. The second-order valence-electron chi connectivity index (χ2n) is 5.36. The average molecular weight is 428 g/mol. The summed E-state index contributed by atoms with van der Waals surface area (Å²) in [5.41, 5.74) is 0.899. The number of halogens is 4. The topological polar surface area (TPSA) is 71.2 Å². The minimum atomic E-state index is -4.38. The van der Waals surface area contributed by atoms with Crippen molar-refractivity contribution in [2.45, 2.75) is 12.3 Å². The van der Waals surface area contributed by atoms with E-state index in [9.17, 15) is 18.3 Å². The Morgan fingerprint density at radius 2 is 1.77 bits per heavy atom. The van der Waals surface area contributed by atoms with Gasteiger partial charge in [0.05, 0.1) is 16.8 Å². The Kier molecular flexibility index (Phi) is 5.28. The van der Waals surface area contributed by atoms with Crippen molar-refractivity contribution >= 4 is 27.3 Å². The van der Waals surface area contributed by atoms with Crippen LogP contribution in [0.15, 0.2) is 52.9 Å². The Morgan fingerprint density at radius 3 is 2.42 bits per heavy atom. The third-order valence-corrected chi connectivity index (χ3v) is 4.13. The molecule has 0 aliphatic rings. The molecule has 3 aromatic rings. The van der Waals surface area contributed by atoms with Crippen molar-refractivity contribution in [2.75, 3.05) is 10.6 Å². The number of hydrogen-bond acceptors (Lipinski definition) is 5. The number of aliphatic hydroxyl groups excluding tert-OH is 1. The summed E-state index contributed by atoms with van der Waals surface area (Å²) in [6.45, 7) is 0. The molecule has 0 saturated heterocycles. The number of benzene rings is 2. The fourth-order valence-corrected chi connectivity index (χ4v) is 2.50. The maximum absolute atomic E-state index is 12.7. The van der Waals surface area contributed by atoms with Crippen molar-refractivity contribution in [2.24, 2.45) is 0 Å². The van der Waals surface area contributed by atoms with Crippen LogP contribution in [0.4, 0.5) is 24.5 Å². The molecule has 2 aromatic carbocycles. The summed E-state index contributed by atoms with van der Waals surface area (Å²) in [4.78, 5) is 0. The van der Waals surface area contributed by atoms with E-state index in [0.717, 1.165) is 12.1 Å². The van der Waals surface area contributed by atoms with Gasteiger partial charge in [0.25, 0.3) is 0 Å². The van der Waals surface area contributed by atoms with E-state index in [1.165, 1.54) is 12.1 Å². The van der Waals surface area contributed by atoms with Gasteiger partial charge in [0, 0.05) is 11.0 Å². The molecule has 26 heavy (non-hydrogen) atoms. The summed E-state index contributed by atoms with van der Waals surface area (Å²) in [7, 11) is 0. The molecule has 3 rings (SSSR count). The summed E-state index contributed by atoms with van der Waals surface area (Å²) in [6, 6.07) is 11.7. The Labute approximate surface area is 155 Å². The molecule has 9 heteroatoms. The van der Waals surface area contributed by atoms with Crippen molar-refractivity contribution in [3.05, 3.63) is 60.0 Å². The lowest BCUT2D eigenvalue weighted by molar-refractivity contribution is -0.137. The van der Waals surface area contributed by atoms with Crippen LogP contribution in [0.25, 0.3) is 11.5 Å². The predicted octanol–water partition coefficient (Wildman–Crippen LogP) is 4.93. The van der Waals surface area contributed by atoms with Gasteiger partial charge >= 0.3 is 6.18 Å². The normalized spacial score (nSPS) is 12.8. The molecule has 0 amide bonds. The Hall–Kier alpha value is -2.39. The minimum absolute atomic E-state index is 0.0706. The van der Waals surface area contributed by atoms with Crippen LogP contribution in [-0.2, 0) is 6.18 Å². The highest BCUT2D eigenvalue weighted by Gasteiger charge is 2.30. The van der Waals surface area contributed by atoms with Gasteiger partial charge in [-0.05, 0) is 36.4 Å². The van der Waals surface area contributed by atoms with Crippen LogP contribution in [0.3, 0.4) is 0 Å². The van der Waals surface area contributed by atoms with Gasteiger partial charge in [0.1, 0.15) is 6.10 Å². The maximum atomic E-state index is 12.7. The molecule has 1 aromatic heterocycles. The standard InChI is InChI=1S/C17H13BrF3N3O2/c18-9-14(25)16-24-23-15(26-16)12-3-1-2-4-13(12)22-11-7-5-10(6-8-11)17(19,20)21/h1-8,14,22,25H,9H2. The molecule has 1 atom stereocenters. The molecule has 0 spiro atoms. The molecule has 5 nitrogen and oxygen atoms in total. The van der Waals surface area contributed by atoms with Gasteiger partial charge in [-0.25, -0.2) is 0 Å². The Morgan fingerprint density at radius 1 is 1.08 bits per heavy atom. The minimum Gasteiger partial charge on any atom is -0.418 e. The highest BCUT2D eigenvalue weighted by Crippen LogP contribution is 2.33. The van der Waals surface area contributed by atoms with Gasteiger partial charge in [0.2, 0.25) is 11.8 Å². The zero-order valence-electron chi connectivity index (χ0n) is 13.2. The number of anilines is 2. The number of rotatable bonds is 5. The van der Waals surface area contributed by atoms with Gasteiger partial charge in [-0.2, -0.15) is 13.2 Å². The van der Waals surface area contributed by atoms with Crippen LogP contribution in [0.1, 0.15) is 17.6 Å². The van der Waals surface area contributed by atoms with Crippen molar-refractivity contribution in [3.8, 4) is 11.5 Å². The monoisotopic (exact) mass is 427 g/mol. The molecule has 0 fully saturated rings. The summed E-state index contributed by atoms with van der Waals surface area (Å²) in [6.07, 6.45) is -5.31. The van der Waals surface area contributed by atoms with Crippen molar-refractivity contribution in [1.82, 2.24) is 10.2 Å². The molecule has 0 aliphatic carbocycles. The third-order valence-electron chi connectivity index (χ3n) is 3.52. The zero-order valence-corrected chi connectivity index (χ0v) is 14.8. The first-order valence-electron chi connectivity index (χ1n) is 7.49. The second kappa shape index (κ2) is 7.46. The lowest BCUT2D eigenvalue weighted by Gasteiger charge is -2.11. The van der Waals surface area contributed by atoms with Crippen LogP contribution in [-0.4, -0.2) is 20.6 Å². The van der Waals surface area contributed by atoms with E-state index in [0.29, 0.717) is 16.9 Å². The number of aliphatic hydroxyl groups is 1. The van der Waals surface area contributed by atoms with Crippen molar-refractivity contribution < 1.29 is 22.7 Å². The highest BCUT2D eigenvalue weighted by molar-refractivity contribution is 9.09. The zero-order chi connectivity index (χ0) is 18.7. The molecular weight excluding hydrogens is 415 g/mol. The van der Waals surface area contributed by atoms with E-state index in [1.807, 2.05) is 0 Å². The molecule has 0 saturated carbocycles. The van der Waals surface area contributed by atoms with Gasteiger partial charge in [-0.1, -0.05) is 28.1 Å². The first-order chi connectivity index (χ1) is 12.4.